The van der Waals surface area contributed by atoms with Gasteiger partial charge in [-0.25, -0.2) is 12.7 Å². The topological polar surface area (TPSA) is 40.6 Å². The van der Waals surface area contributed by atoms with E-state index in [1.54, 1.807) is 19.2 Å². The molecular formula is C13H18Br2N2O2S. The zero-order chi connectivity index (χ0) is 14.9. The summed E-state index contributed by atoms with van der Waals surface area (Å²) in [7, 11) is 0.263. The third-order valence-electron chi connectivity index (χ3n) is 3.59. The van der Waals surface area contributed by atoms with E-state index in [2.05, 4.69) is 43.8 Å². The van der Waals surface area contributed by atoms with Crippen LogP contribution in [0, 0.1) is 5.92 Å². The number of hydrogen-bond donors (Lipinski definition) is 0. The van der Waals surface area contributed by atoms with Gasteiger partial charge < -0.3 is 4.90 Å². The SMILES string of the molecule is CN1CCC(CN(C)S(=O)(=O)c2cc(Br)ccc2Br)C1. The Kier molecular flexibility index (Phi) is 5.29. The molecule has 1 fully saturated rings. The summed E-state index contributed by atoms with van der Waals surface area (Å²) in [6.45, 7) is 2.56. The van der Waals surface area contributed by atoms with Crippen LogP contribution in [0.5, 0.6) is 0 Å². The highest BCUT2D eigenvalue weighted by molar-refractivity contribution is 9.11. The molecule has 0 bridgehead atoms. The standard InChI is InChI=1S/C13H18Br2N2O2S/c1-16-6-5-10(8-16)9-17(2)20(18,19)13-7-11(14)3-4-12(13)15/h3-4,7,10H,5-6,8-9H2,1-2H3. The van der Waals surface area contributed by atoms with E-state index in [9.17, 15) is 8.42 Å². The van der Waals surface area contributed by atoms with Gasteiger partial charge in [0.2, 0.25) is 10.0 Å². The molecular weight excluding hydrogens is 408 g/mol. The molecule has 0 aliphatic carbocycles. The van der Waals surface area contributed by atoms with Crippen LogP contribution in [0.3, 0.4) is 0 Å². The number of sulfonamides is 1. The van der Waals surface area contributed by atoms with Crippen LogP contribution >= 0.6 is 31.9 Å². The van der Waals surface area contributed by atoms with Crippen LogP contribution in [0.25, 0.3) is 0 Å². The van der Waals surface area contributed by atoms with Crippen molar-refractivity contribution in [2.45, 2.75) is 11.3 Å². The van der Waals surface area contributed by atoms with E-state index in [1.165, 1.54) is 4.31 Å². The fourth-order valence-electron chi connectivity index (χ4n) is 2.48. The van der Waals surface area contributed by atoms with Crippen LogP contribution in [0.15, 0.2) is 32.0 Å². The monoisotopic (exact) mass is 424 g/mol. The summed E-state index contributed by atoms with van der Waals surface area (Å²) in [6, 6.07) is 5.19. The molecule has 20 heavy (non-hydrogen) atoms. The number of likely N-dealkylation sites (tertiary alicyclic amines) is 1. The molecule has 1 atom stereocenters. The second-order valence-corrected chi connectivity index (χ2v) is 9.06. The van der Waals surface area contributed by atoms with Gasteiger partial charge in [-0.15, -0.1) is 0 Å². The van der Waals surface area contributed by atoms with Crippen LogP contribution < -0.4 is 0 Å². The van der Waals surface area contributed by atoms with Crippen LogP contribution in [0.1, 0.15) is 6.42 Å². The molecule has 4 nitrogen and oxygen atoms in total. The second-order valence-electron chi connectivity index (χ2n) is 5.28. The smallest absolute Gasteiger partial charge is 0.243 e. The molecule has 7 heteroatoms. The van der Waals surface area contributed by atoms with Gasteiger partial charge in [0.15, 0.2) is 0 Å². The molecule has 1 heterocycles. The van der Waals surface area contributed by atoms with Crippen LogP contribution in [0.2, 0.25) is 0 Å². The lowest BCUT2D eigenvalue weighted by atomic mass is 10.1. The highest BCUT2D eigenvalue weighted by Crippen LogP contribution is 2.28. The molecule has 1 aliphatic heterocycles. The predicted octanol–water partition coefficient (Wildman–Crippen LogP) is 2.78. The molecule has 1 aliphatic rings. The van der Waals surface area contributed by atoms with Gasteiger partial charge in [-0.1, -0.05) is 15.9 Å². The molecule has 2 rings (SSSR count). The summed E-state index contributed by atoms with van der Waals surface area (Å²) < 4.78 is 28.1. The maximum atomic E-state index is 12.6. The lowest BCUT2D eigenvalue weighted by Crippen LogP contribution is -2.33. The maximum Gasteiger partial charge on any atom is 0.243 e. The molecule has 0 N–H and O–H groups in total. The molecule has 1 aromatic rings. The summed E-state index contributed by atoms with van der Waals surface area (Å²) >= 11 is 6.65. The maximum absolute atomic E-state index is 12.6. The minimum atomic E-state index is -3.46. The average Bonchev–Trinajstić information content (AvgIpc) is 2.77. The zero-order valence-corrected chi connectivity index (χ0v) is 15.5. The van der Waals surface area contributed by atoms with E-state index in [0.29, 0.717) is 21.8 Å². The van der Waals surface area contributed by atoms with E-state index < -0.39 is 10.0 Å². The number of rotatable bonds is 4. The normalized spacial score (nSPS) is 20.8. The van der Waals surface area contributed by atoms with Gasteiger partial charge in [-0.3, -0.25) is 0 Å². The summed E-state index contributed by atoms with van der Waals surface area (Å²) in [5, 5.41) is 0. The zero-order valence-electron chi connectivity index (χ0n) is 11.5. The first-order valence-corrected chi connectivity index (χ1v) is 9.43. The average molecular weight is 426 g/mol. The van der Waals surface area contributed by atoms with Crippen molar-refractivity contribution in [3.8, 4) is 0 Å². The number of hydrogen-bond acceptors (Lipinski definition) is 3. The van der Waals surface area contributed by atoms with Crippen molar-refractivity contribution in [3.63, 3.8) is 0 Å². The first-order chi connectivity index (χ1) is 9.30. The van der Waals surface area contributed by atoms with Crippen molar-refractivity contribution < 1.29 is 8.42 Å². The fraction of sp³-hybridized carbons (Fsp3) is 0.538. The minimum absolute atomic E-state index is 0.306. The Morgan fingerprint density at radius 3 is 2.70 bits per heavy atom. The highest BCUT2D eigenvalue weighted by atomic mass is 79.9. The Morgan fingerprint density at radius 1 is 1.40 bits per heavy atom. The van der Waals surface area contributed by atoms with Crippen molar-refractivity contribution in [2.75, 3.05) is 33.7 Å². The van der Waals surface area contributed by atoms with E-state index in [4.69, 9.17) is 0 Å². The van der Waals surface area contributed by atoms with Gasteiger partial charge in [-0.05, 0) is 60.1 Å². The Balaban J connectivity index is 2.19. The van der Waals surface area contributed by atoms with Crippen molar-refractivity contribution in [3.05, 3.63) is 27.1 Å². The van der Waals surface area contributed by atoms with E-state index in [0.717, 1.165) is 24.0 Å². The number of halogens is 2. The molecule has 0 amide bonds. The molecule has 1 unspecified atom stereocenters. The molecule has 1 saturated heterocycles. The van der Waals surface area contributed by atoms with Crippen LogP contribution in [-0.4, -0.2) is 51.4 Å². The molecule has 1 aromatic carbocycles. The van der Waals surface area contributed by atoms with Crippen LogP contribution in [-0.2, 0) is 10.0 Å². The number of nitrogens with zero attached hydrogens (tertiary/aromatic N) is 2. The second kappa shape index (κ2) is 6.44. The van der Waals surface area contributed by atoms with Crippen LogP contribution in [0.4, 0.5) is 0 Å². The molecule has 0 radical (unpaired) electrons. The molecule has 0 saturated carbocycles. The molecule has 0 spiro atoms. The van der Waals surface area contributed by atoms with Gasteiger partial charge in [0, 0.05) is 29.1 Å². The third kappa shape index (κ3) is 3.62. The van der Waals surface area contributed by atoms with Crippen molar-refractivity contribution >= 4 is 41.9 Å². The van der Waals surface area contributed by atoms with E-state index in [1.807, 2.05) is 6.07 Å². The van der Waals surface area contributed by atoms with Gasteiger partial charge in [-0.2, -0.15) is 0 Å². The van der Waals surface area contributed by atoms with Gasteiger partial charge in [0.25, 0.3) is 0 Å². The summed E-state index contributed by atoms with van der Waals surface area (Å²) in [4.78, 5) is 2.54. The van der Waals surface area contributed by atoms with E-state index >= 15 is 0 Å². The first kappa shape index (κ1) is 16.4. The highest BCUT2D eigenvalue weighted by Gasteiger charge is 2.28. The third-order valence-corrected chi connectivity index (χ3v) is 6.90. The summed E-state index contributed by atoms with van der Waals surface area (Å²) in [5.74, 6) is 0.408. The lowest BCUT2D eigenvalue weighted by Gasteiger charge is -2.21. The first-order valence-electron chi connectivity index (χ1n) is 6.40. The summed E-state index contributed by atoms with van der Waals surface area (Å²) in [6.07, 6.45) is 1.05. The van der Waals surface area contributed by atoms with Crippen molar-refractivity contribution in [1.29, 1.82) is 0 Å². The molecule has 112 valence electrons. The fourth-order valence-corrected chi connectivity index (χ4v) is 5.19. The predicted molar refractivity (Wildman–Crippen MR) is 87.3 cm³/mol. The van der Waals surface area contributed by atoms with Gasteiger partial charge in [0.1, 0.15) is 0 Å². The molecule has 0 aromatic heterocycles. The Labute approximate surface area is 137 Å². The number of benzene rings is 1. The lowest BCUT2D eigenvalue weighted by molar-refractivity contribution is 0.356. The Hall–Kier alpha value is 0.0500. The Morgan fingerprint density at radius 2 is 2.10 bits per heavy atom. The largest absolute Gasteiger partial charge is 0.306 e. The minimum Gasteiger partial charge on any atom is -0.306 e. The van der Waals surface area contributed by atoms with E-state index in [-0.39, 0.29) is 0 Å². The summed E-state index contributed by atoms with van der Waals surface area (Å²) in [5.41, 5.74) is 0. The Bertz CT molecular complexity index is 592. The van der Waals surface area contributed by atoms with Gasteiger partial charge in [0.05, 0.1) is 4.90 Å². The van der Waals surface area contributed by atoms with Crippen molar-refractivity contribution in [1.82, 2.24) is 9.21 Å². The van der Waals surface area contributed by atoms with Crippen molar-refractivity contribution in [2.24, 2.45) is 5.92 Å². The quantitative estimate of drug-likeness (QED) is 0.744. The van der Waals surface area contributed by atoms with Gasteiger partial charge >= 0.3 is 0 Å².